The minimum absolute atomic E-state index is 0.00762. The molecule has 7 rings (SSSR count). The number of anilines is 2. The topological polar surface area (TPSA) is 57.0 Å². The zero-order chi connectivity index (χ0) is 26.3. The Bertz CT molecular complexity index is 1590. The van der Waals surface area contributed by atoms with Crippen LogP contribution in [0.2, 0.25) is 5.02 Å². The number of rotatable bonds is 3. The van der Waals surface area contributed by atoms with Crippen LogP contribution in [0.1, 0.15) is 6.92 Å². The lowest BCUT2D eigenvalue weighted by molar-refractivity contribution is 0.146. The summed E-state index contributed by atoms with van der Waals surface area (Å²) in [7, 11) is 4.00. The Kier molecular flexibility index (Phi) is 5.48. The molecule has 1 fully saturated rings. The minimum atomic E-state index is -0.690. The first-order valence-corrected chi connectivity index (χ1v) is 13.3. The number of ether oxygens (including phenoxy) is 1. The van der Waals surface area contributed by atoms with Crippen LogP contribution in [0, 0.1) is 11.6 Å². The zero-order valence-corrected chi connectivity index (χ0v) is 22.1. The molecule has 198 valence electrons. The average Bonchev–Trinajstić information content (AvgIpc) is 3.34. The molecule has 0 aliphatic carbocycles. The van der Waals surface area contributed by atoms with Crippen molar-refractivity contribution in [3.05, 3.63) is 47.2 Å². The van der Waals surface area contributed by atoms with E-state index in [1.54, 1.807) is 18.2 Å². The van der Waals surface area contributed by atoms with Crippen molar-refractivity contribution < 1.29 is 17.9 Å². The van der Waals surface area contributed by atoms with Crippen molar-refractivity contribution in [2.75, 3.05) is 56.6 Å². The van der Waals surface area contributed by atoms with Crippen LogP contribution in [-0.2, 0) is 0 Å². The molecule has 3 aliphatic rings. The summed E-state index contributed by atoms with van der Waals surface area (Å²) in [5.74, 6) is -0.903. The summed E-state index contributed by atoms with van der Waals surface area (Å²) in [5.41, 5.74) is 2.04. The second-order valence-corrected chi connectivity index (χ2v) is 11.2. The van der Waals surface area contributed by atoms with Gasteiger partial charge < -0.3 is 29.2 Å². The normalized spacial score (nSPS) is 22.7. The van der Waals surface area contributed by atoms with Gasteiger partial charge in [-0.3, -0.25) is 0 Å². The maximum absolute atomic E-state index is 16.6. The van der Waals surface area contributed by atoms with Crippen LogP contribution in [0.3, 0.4) is 0 Å². The fraction of sp³-hybridized carbons (Fsp3) is 0.393. The first kappa shape index (κ1) is 23.9. The molecule has 1 N–H and O–H groups in total. The van der Waals surface area contributed by atoms with Gasteiger partial charge in [-0.05, 0) is 45.3 Å². The molecule has 0 unspecified atom stereocenters. The summed E-state index contributed by atoms with van der Waals surface area (Å²) in [5, 5.41) is 4.94. The van der Waals surface area contributed by atoms with Crippen LogP contribution in [0.4, 0.5) is 20.2 Å². The van der Waals surface area contributed by atoms with Gasteiger partial charge in [-0.1, -0.05) is 11.6 Å². The standard InChI is InChI=1S/C28H28ClF2N5O2/c1-14-10-36-16(9-32-14)11-35-13-17(12-34(2)3)38-28-26(35)25(36)18-8-19(29)21(23(31)24(18)33-28)22-20(30)5-4-15-6-7-37-27(15)22/h4-8,14,16-17,32H,9-13H2,1-3H3/t14-,16-,17-/m1/s1. The molecule has 2 aromatic carbocycles. The molecule has 0 bridgehead atoms. The number of fused-ring (bicyclic) bond motifs is 5. The molecule has 7 nitrogen and oxygen atoms in total. The monoisotopic (exact) mass is 539 g/mol. The predicted octanol–water partition coefficient (Wildman–Crippen LogP) is 4.89. The van der Waals surface area contributed by atoms with Crippen LogP contribution in [-0.4, -0.2) is 74.9 Å². The molecule has 4 aromatic rings. The Morgan fingerprint density at radius 1 is 1.13 bits per heavy atom. The molecule has 1 saturated heterocycles. The number of hydrogen-bond donors (Lipinski definition) is 1. The van der Waals surface area contributed by atoms with Gasteiger partial charge in [0.2, 0.25) is 5.88 Å². The number of hydrogen-bond acceptors (Lipinski definition) is 7. The van der Waals surface area contributed by atoms with Gasteiger partial charge in [0.1, 0.15) is 28.7 Å². The summed E-state index contributed by atoms with van der Waals surface area (Å²) < 4.78 is 43.7. The quantitative estimate of drug-likeness (QED) is 0.398. The maximum Gasteiger partial charge on any atom is 0.240 e. The highest BCUT2D eigenvalue weighted by Gasteiger charge is 2.42. The van der Waals surface area contributed by atoms with Crippen molar-refractivity contribution >= 4 is 44.8 Å². The van der Waals surface area contributed by atoms with Crippen LogP contribution in [0.25, 0.3) is 33.0 Å². The molecule has 0 radical (unpaired) electrons. The number of likely N-dealkylation sites (N-methyl/N-ethyl adjacent to an activating group) is 1. The second kappa shape index (κ2) is 8.69. The number of piperazine rings is 1. The highest BCUT2D eigenvalue weighted by atomic mass is 35.5. The fourth-order valence-corrected chi connectivity index (χ4v) is 6.54. The molecule has 3 atom stereocenters. The fourth-order valence-electron chi connectivity index (χ4n) is 6.26. The average molecular weight is 540 g/mol. The number of aromatic nitrogens is 1. The van der Waals surface area contributed by atoms with E-state index in [4.69, 9.17) is 25.7 Å². The Labute approximate surface area is 223 Å². The van der Waals surface area contributed by atoms with Crippen molar-refractivity contribution in [3.63, 3.8) is 0 Å². The van der Waals surface area contributed by atoms with Gasteiger partial charge in [0, 0.05) is 48.6 Å². The summed E-state index contributed by atoms with van der Waals surface area (Å²) >= 11 is 6.78. The number of benzene rings is 2. The third-order valence-electron chi connectivity index (χ3n) is 7.83. The number of nitrogens with one attached hydrogen (secondary N) is 1. The number of furan rings is 1. The van der Waals surface area contributed by atoms with Crippen molar-refractivity contribution in [3.8, 4) is 17.0 Å². The molecule has 0 saturated carbocycles. The van der Waals surface area contributed by atoms with Gasteiger partial charge in [-0.25, -0.2) is 13.8 Å². The van der Waals surface area contributed by atoms with E-state index in [0.29, 0.717) is 29.7 Å². The van der Waals surface area contributed by atoms with Crippen molar-refractivity contribution in [2.45, 2.75) is 25.1 Å². The summed E-state index contributed by atoms with van der Waals surface area (Å²) in [6.45, 7) is 5.95. The van der Waals surface area contributed by atoms with Gasteiger partial charge in [0.25, 0.3) is 0 Å². The highest BCUT2D eigenvalue weighted by molar-refractivity contribution is 6.35. The molecule has 0 spiro atoms. The van der Waals surface area contributed by atoms with E-state index in [9.17, 15) is 0 Å². The van der Waals surface area contributed by atoms with E-state index < -0.39 is 11.6 Å². The molecular formula is C28H28ClF2N5O2. The number of nitrogens with zero attached hydrogens (tertiary/aromatic N) is 4. The zero-order valence-electron chi connectivity index (χ0n) is 21.4. The lowest BCUT2D eigenvalue weighted by Gasteiger charge is -2.51. The van der Waals surface area contributed by atoms with Crippen LogP contribution in [0.5, 0.6) is 5.88 Å². The molecule has 2 aromatic heterocycles. The van der Waals surface area contributed by atoms with Crippen LogP contribution >= 0.6 is 11.6 Å². The van der Waals surface area contributed by atoms with Crippen molar-refractivity contribution in [2.24, 2.45) is 0 Å². The van der Waals surface area contributed by atoms with Gasteiger partial charge in [0.15, 0.2) is 5.82 Å². The molecule has 10 heteroatoms. The Morgan fingerprint density at radius 2 is 1.97 bits per heavy atom. The lowest BCUT2D eigenvalue weighted by atomic mass is 9.96. The molecule has 3 aliphatic heterocycles. The van der Waals surface area contributed by atoms with Gasteiger partial charge in [-0.2, -0.15) is 0 Å². The van der Waals surface area contributed by atoms with Crippen molar-refractivity contribution in [1.29, 1.82) is 0 Å². The number of pyridine rings is 1. The predicted molar refractivity (Wildman–Crippen MR) is 146 cm³/mol. The molecule has 0 amide bonds. The highest BCUT2D eigenvalue weighted by Crippen LogP contribution is 2.51. The third-order valence-corrected chi connectivity index (χ3v) is 8.13. The lowest BCUT2D eigenvalue weighted by Crippen LogP contribution is -2.63. The minimum Gasteiger partial charge on any atom is -0.470 e. The van der Waals surface area contributed by atoms with E-state index >= 15 is 8.78 Å². The molecular weight excluding hydrogens is 512 g/mol. The van der Waals surface area contributed by atoms with Gasteiger partial charge >= 0.3 is 0 Å². The molecule has 5 heterocycles. The van der Waals surface area contributed by atoms with Crippen LogP contribution < -0.4 is 19.9 Å². The smallest absolute Gasteiger partial charge is 0.240 e. The van der Waals surface area contributed by atoms with E-state index in [1.807, 2.05) is 14.1 Å². The first-order chi connectivity index (χ1) is 18.3. The van der Waals surface area contributed by atoms with Crippen LogP contribution in [0.15, 0.2) is 34.9 Å². The Balaban J connectivity index is 1.51. The molecule has 38 heavy (non-hydrogen) atoms. The maximum atomic E-state index is 16.6. The van der Waals surface area contributed by atoms with E-state index in [-0.39, 0.29) is 45.4 Å². The van der Waals surface area contributed by atoms with E-state index in [1.165, 1.54) is 12.3 Å². The first-order valence-electron chi connectivity index (χ1n) is 12.9. The van der Waals surface area contributed by atoms with Gasteiger partial charge in [0.05, 0.1) is 35.1 Å². The summed E-state index contributed by atoms with van der Waals surface area (Å²) in [4.78, 5) is 11.5. The SMILES string of the molecule is C[C@@H]1CN2c3c4c(nc5c(F)c(-c6c(F)ccc7ccoc67)c(Cl)cc35)O[C@H](CN(C)C)CN4C[C@H]2CN1. The van der Waals surface area contributed by atoms with E-state index in [2.05, 4.69) is 26.9 Å². The summed E-state index contributed by atoms with van der Waals surface area (Å²) in [6.07, 6.45) is 1.33. The third kappa shape index (κ3) is 3.56. The number of halogens is 3. The Morgan fingerprint density at radius 3 is 2.79 bits per heavy atom. The second-order valence-electron chi connectivity index (χ2n) is 10.8. The Hall–Kier alpha value is -3.14. The largest absolute Gasteiger partial charge is 0.470 e. The summed E-state index contributed by atoms with van der Waals surface area (Å²) in [6, 6.07) is 6.79. The van der Waals surface area contributed by atoms with Crippen molar-refractivity contribution in [1.82, 2.24) is 15.2 Å². The van der Waals surface area contributed by atoms with Gasteiger partial charge in [-0.15, -0.1) is 0 Å². The van der Waals surface area contributed by atoms with E-state index in [0.717, 1.165) is 31.0 Å².